The number of benzene rings is 4. The molecule has 0 atom stereocenters. The van der Waals surface area contributed by atoms with E-state index in [-0.39, 0.29) is 0 Å². The largest absolute Gasteiger partial charge is 0.457 e. The van der Waals surface area contributed by atoms with E-state index >= 15 is 0 Å². The molecule has 1 heterocycles. The highest BCUT2D eigenvalue weighted by atomic mass is 16.5. The van der Waals surface area contributed by atoms with E-state index in [9.17, 15) is 0 Å². The Labute approximate surface area is 193 Å². The maximum absolute atomic E-state index is 5.91. The SMILES string of the molecule is c1ccc(CCCNc2nc(-c3ccc(Oc4ccccc4)cc3)nc3ccccc23)cc1. The summed E-state index contributed by atoms with van der Waals surface area (Å²) in [6.45, 7) is 0.846. The van der Waals surface area contributed by atoms with Crippen LogP contribution in [-0.2, 0) is 6.42 Å². The van der Waals surface area contributed by atoms with Crippen molar-refractivity contribution in [1.82, 2.24) is 9.97 Å². The molecule has 162 valence electrons. The van der Waals surface area contributed by atoms with Crippen molar-refractivity contribution in [3.8, 4) is 22.9 Å². The van der Waals surface area contributed by atoms with Crippen molar-refractivity contribution in [2.75, 3.05) is 11.9 Å². The molecule has 1 aromatic heterocycles. The maximum Gasteiger partial charge on any atom is 0.162 e. The summed E-state index contributed by atoms with van der Waals surface area (Å²) < 4.78 is 5.91. The third-order valence-electron chi connectivity index (χ3n) is 5.47. The highest BCUT2D eigenvalue weighted by Crippen LogP contribution is 2.27. The molecule has 4 heteroatoms. The molecule has 1 N–H and O–H groups in total. The molecule has 0 saturated carbocycles. The lowest BCUT2D eigenvalue weighted by atomic mass is 10.1. The highest BCUT2D eigenvalue weighted by Gasteiger charge is 2.10. The smallest absolute Gasteiger partial charge is 0.162 e. The first-order valence-electron chi connectivity index (χ1n) is 11.2. The Kier molecular flexibility index (Phi) is 6.25. The lowest BCUT2D eigenvalue weighted by Gasteiger charge is -2.12. The molecular weight excluding hydrogens is 406 g/mol. The molecule has 4 aromatic carbocycles. The molecule has 0 aliphatic rings. The quantitative estimate of drug-likeness (QED) is 0.265. The van der Waals surface area contributed by atoms with Gasteiger partial charge in [-0.05, 0) is 66.9 Å². The van der Waals surface area contributed by atoms with Gasteiger partial charge in [0.1, 0.15) is 17.3 Å². The topological polar surface area (TPSA) is 47.0 Å². The lowest BCUT2D eigenvalue weighted by molar-refractivity contribution is 0.483. The standard InChI is InChI=1S/C29H25N3O/c1-3-10-22(11-4-1)12-9-21-30-29-26-15-7-8-16-27(26)31-28(32-29)23-17-19-25(20-18-23)33-24-13-5-2-6-14-24/h1-8,10-11,13-20H,9,12,21H2,(H,30,31,32). The molecule has 0 aliphatic carbocycles. The zero-order valence-electron chi connectivity index (χ0n) is 18.3. The van der Waals surface area contributed by atoms with Crippen molar-refractivity contribution in [1.29, 1.82) is 0 Å². The summed E-state index contributed by atoms with van der Waals surface area (Å²) in [6, 6.07) is 36.4. The average Bonchev–Trinajstić information content (AvgIpc) is 2.88. The van der Waals surface area contributed by atoms with Gasteiger partial charge in [0.15, 0.2) is 5.82 Å². The Morgan fingerprint density at radius 2 is 1.30 bits per heavy atom. The second kappa shape index (κ2) is 9.96. The molecule has 0 aliphatic heterocycles. The van der Waals surface area contributed by atoms with Crippen LogP contribution in [0.3, 0.4) is 0 Å². The van der Waals surface area contributed by atoms with Crippen LogP contribution < -0.4 is 10.1 Å². The molecule has 0 saturated heterocycles. The van der Waals surface area contributed by atoms with E-state index in [4.69, 9.17) is 14.7 Å². The van der Waals surface area contributed by atoms with E-state index in [0.717, 1.165) is 53.2 Å². The van der Waals surface area contributed by atoms with Gasteiger partial charge in [-0.1, -0.05) is 60.7 Å². The number of fused-ring (bicyclic) bond motifs is 1. The third-order valence-corrected chi connectivity index (χ3v) is 5.47. The van der Waals surface area contributed by atoms with Crippen LogP contribution in [0.1, 0.15) is 12.0 Å². The fourth-order valence-electron chi connectivity index (χ4n) is 3.78. The van der Waals surface area contributed by atoms with Crippen molar-refractivity contribution >= 4 is 16.7 Å². The lowest BCUT2D eigenvalue weighted by Crippen LogP contribution is -2.06. The molecule has 0 spiro atoms. The summed E-state index contributed by atoms with van der Waals surface area (Å²) in [5, 5.41) is 4.57. The van der Waals surface area contributed by atoms with Crippen molar-refractivity contribution in [2.45, 2.75) is 12.8 Å². The van der Waals surface area contributed by atoms with Crippen LogP contribution in [-0.4, -0.2) is 16.5 Å². The normalized spacial score (nSPS) is 10.8. The van der Waals surface area contributed by atoms with E-state index < -0.39 is 0 Å². The summed E-state index contributed by atoms with van der Waals surface area (Å²) in [4.78, 5) is 9.67. The van der Waals surface area contributed by atoms with Gasteiger partial charge in [-0.3, -0.25) is 0 Å². The molecule has 0 radical (unpaired) electrons. The average molecular weight is 432 g/mol. The summed E-state index contributed by atoms with van der Waals surface area (Å²) in [5.74, 6) is 3.16. The molecule has 5 rings (SSSR count). The van der Waals surface area contributed by atoms with Gasteiger partial charge in [0.25, 0.3) is 0 Å². The third kappa shape index (κ3) is 5.18. The fourth-order valence-corrected chi connectivity index (χ4v) is 3.78. The van der Waals surface area contributed by atoms with Gasteiger partial charge in [0, 0.05) is 17.5 Å². The molecule has 5 aromatic rings. The number of para-hydroxylation sites is 2. The molecule has 0 unspecified atom stereocenters. The maximum atomic E-state index is 5.91. The number of rotatable bonds is 8. The van der Waals surface area contributed by atoms with Crippen LogP contribution in [0.2, 0.25) is 0 Å². The van der Waals surface area contributed by atoms with Crippen molar-refractivity contribution in [3.63, 3.8) is 0 Å². The van der Waals surface area contributed by atoms with E-state index in [1.807, 2.05) is 72.8 Å². The summed E-state index contributed by atoms with van der Waals surface area (Å²) in [5.41, 5.74) is 3.23. The zero-order valence-corrected chi connectivity index (χ0v) is 18.3. The minimum absolute atomic E-state index is 0.700. The second-order valence-electron chi connectivity index (χ2n) is 7.87. The minimum Gasteiger partial charge on any atom is -0.457 e. The van der Waals surface area contributed by atoms with E-state index in [1.165, 1.54) is 5.56 Å². The minimum atomic E-state index is 0.700. The number of aryl methyl sites for hydroxylation is 1. The Hall–Kier alpha value is -4.18. The van der Waals surface area contributed by atoms with Crippen LogP contribution >= 0.6 is 0 Å². The van der Waals surface area contributed by atoms with E-state index in [1.54, 1.807) is 0 Å². The van der Waals surface area contributed by atoms with Crippen LogP contribution in [0.5, 0.6) is 11.5 Å². The fraction of sp³-hybridized carbons (Fsp3) is 0.103. The molecular formula is C29H25N3O. The Balaban J connectivity index is 1.34. The van der Waals surface area contributed by atoms with Crippen LogP contribution in [0.4, 0.5) is 5.82 Å². The number of hydrogen-bond acceptors (Lipinski definition) is 4. The second-order valence-corrected chi connectivity index (χ2v) is 7.87. The number of ether oxygens (including phenoxy) is 1. The first-order valence-corrected chi connectivity index (χ1v) is 11.2. The first kappa shape index (κ1) is 20.7. The van der Waals surface area contributed by atoms with E-state index in [2.05, 4.69) is 41.7 Å². The number of nitrogens with zero attached hydrogens (tertiary/aromatic N) is 2. The zero-order chi connectivity index (χ0) is 22.3. The number of aromatic nitrogens is 2. The summed E-state index contributed by atoms with van der Waals surface area (Å²) >= 11 is 0. The van der Waals surface area contributed by atoms with Gasteiger partial charge < -0.3 is 10.1 Å². The number of anilines is 1. The number of nitrogens with one attached hydrogen (secondary N) is 1. The van der Waals surface area contributed by atoms with Crippen molar-refractivity contribution in [3.05, 3.63) is 115 Å². The highest BCUT2D eigenvalue weighted by molar-refractivity contribution is 5.90. The molecule has 4 nitrogen and oxygen atoms in total. The Morgan fingerprint density at radius 1 is 0.636 bits per heavy atom. The molecule has 0 amide bonds. The predicted molar refractivity (Wildman–Crippen MR) is 135 cm³/mol. The van der Waals surface area contributed by atoms with Gasteiger partial charge >= 0.3 is 0 Å². The van der Waals surface area contributed by atoms with Gasteiger partial charge in [-0.25, -0.2) is 9.97 Å². The molecule has 33 heavy (non-hydrogen) atoms. The van der Waals surface area contributed by atoms with Crippen molar-refractivity contribution in [2.24, 2.45) is 0 Å². The van der Waals surface area contributed by atoms with Gasteiger partial charge in [0.2, 0.25) is 0 Å². The molecule has 0 bridgehead atoms. The van der Waals surface area contributed by atoms with Gasteiger partial charge in [0.05, 0.1) is 5.52 Å². The van der Waals surface area contributed by atoms with Gasteiger partial charge in [-0.15, -0.1) is 0 Å². The molecule has 0 fully saturated rings. The van der Waals surface area contributed by atoms with Gasteiger partial charge in [-0.2, -0.15) is 0 Å². The summed E-state index contributed by atoms with van der Waals surface area (Å²) in [6.07, 6.45) is 2.07. The monoisotopic (exact) mass is 431 g/mol. The number of hydrogen-bond donors (Lipinski definition) is 1. The van der Waals surface area contributed by atoms with Crippen LogP contribution in [0.25, 0.3) is 22.3 Å². The first-order chi connectivity index (χ1) is 16.3. The van der Waals surface area contributed by atoms with Crippen LogP contribution in [0, 0.1) is 0 Å². The summed E-state index contributed by atoms with van der Waals surface area (Å²) in [7, 11) is 0. The Morgan fingerprint density at radius 3 is 2.09 bits per heavy atom. The Bertz CT molecular complexity index is 1320. The van der Waals surface area contributed by atoms with E-state index in [0.29, 0.717) is 5.82 Å². The van der Waals surface area contributed by atoms with Crippen LogP contribution in [0.15, 0.2) is 109 Å². The van der Waals surface area contributed by atoms with Crippen molar-refractivity contribution < 1.29 is 4.74 Å². The predicted octanol–water partition coefficient (Wildman–Crippen LogP) is 7.13.